The molecule has 0 spiro atoms. The van der Waals surface area contributed by atoms with Gasteiger partial charge in [-0.3, -0.25) is 13.9 Å². The molecule has 0 amide bonds. The number of hydrogen-bond acceptors (Lipinski definition) is 3. The number of nitriles is 1. The van der Waals surface area contributed by atoms with Gasteiger partial charge in [0.1, 0.15) is 5.82 Å². The summed E-state index contributed by atoms with van der Waals surface area (Å²) < 4.78 is 16.3. The van der Waals surface area contributed by atoms with Crippen molar-refractivity contribution in [3.63, 3.8) is 0 Å². The zero-order valence-corrected chi connectivity index (χ0v) is 14.4. The quantitative estimate of drug-likeness (QED) is 0.679. The number of benzene rings is 2. The van der Waals surface area contributed by atoms with Gasteiger partial charge in [-0.15, -0.1) is 0 Å². The van der Waals surface area contributed by atoms with Crippen molar-refractivity contribution in [2.45, 2.75) is 20.4 Å². The summed E-state index contributed by atoms with van der Waals surface area (Å²) in [5.74, 6) is -0.532. The van der Waals surface area contributed by atoms with Gasteiger partial charge in [0.25, 0.3) is 0 Å². The van der Waals surface area contributed by atoms with Crippen molar-refractivity contribution in [3.8, 4) is 11.8 Å². The summed E-state index contributed by atoms with van der Waals surface area (Å²) in [5, 5.41) is 9.16. The summed E-state index contributed by atoms with van der Waals surface area (Å²) in [7, 11) is 0. The highest BCUT2D eigenvalue weighted by molar-refractivity contribution is 5.94. The van der Waals surface area contributed by atoms with Crippen LogP contribution in [0.25, 0.3) is 5.69 Å². The van der Waals surface area contributed by atoms with E-state index in [1.807, 2.05) is 6.07 Å². The van der Waals surface area contributed by atoms with E-state index in [1.165, 1.54) is 28.2 Å². The molecule has 0 aliphatic rings. The van der Waals surface area contributed by atoms with Gasteiger partial charge in [-0.25, -0.2) is 9.18 Å². The van der Waals surface area contributed by atoms with Crippen molar-refractivity contribution in [1.29, 1.82) is 5.26 Å². The highest BCUT2D eigenvalue weighted by atomic mass is 19.1. The van der Waals surface area contributed by atoms with Crippen LogP contribution in [0.4, 0.5) is 4.39 Å². The fourth-order valence-electron chi connectivity index (χ4n) is 2.86. The Balaban J connectivity index is 2.00. The Morgan fingerprint density at radius 1 is 1.19 bits per heavy atom. The molecular formula is C20H16FN3O2. The van der Waals surface area contributed by atoms with E-state index in [0.717, 1.165) is 6.07 Å². The number of rotatable bonds is 4. The molecule has 0 saturated heterocycles. The van der Waals surface area contributed by atoms with Gasteiger partial charge in [0.15, 0.2) is 5.78 Å². The van der Waals surface area contributed by atoms with Crippen LogP contribution in [0.3, 0.4) is 0 Å². The van der Waals surface area contributed by atoms with Crippen LogP contribution in [0.2, 0.25) is 0 Å². The normalized spacial score (nSPS) is 10.5. The van der Waals surface area contributed by atoms with Crippen LogP contribution in [0.15, 0.2) is 53.5 Å². The first-order chi connectivity index (χ1) is 12.4. The highest BCUT2D eigenvalue weighted by Gasteiger charge is 2.13. The third-order valence-electron chi connectivity index (χ3n) is 4.20. The van der Waals surface area contributed by atoms with Gasteiger partial charge in [-0.2, -0.15) is 5.26 Å². The van der Waals surface area contributed by atoms with Gasteiger partial charge < -0.3 is 0 Å². The van der Waals surface area contributed by atoms with Crippen LogP contribution in [-0.4, -0.2) is 14.9 Å². The molecule has 0 saturated carbocycles. The van der Waals surface area contributed by atoms with Crippen LogP contribution in [-0.2, 0) is 6.54 Å². The molecule has 0 aliphatic heterocycles. The van der Waals surface area contributed by atoms with E-state index in [1.54, 1.807) is 37.4 Å². The van der Waals surface area contributed by atoms with Crippen molar-refractivity contribution >= 4 is 5.78 Å². The Labute approximate surface area is 149 Å². The second kappa shape index (κ2) is 6.81. The van der Waals surface area contributed by atoms with Crippen LogP contribution in [0.5, 0.6) is 0 Å². The number of aryl methyl sites for hydroxylation is 1. The van der Waals surface area contributed by atoms with Gasteiger partial charge in [0, 0.05) is 17.5 Å². The van der Waals surface area contributed by atoms with Crippen LogP contribution in [0.1, 0.15) is 34.1 Å². The van der Waals surface area contributed by atoms with Gasteiger partial charge in [-0.05, 0) is 55.8 Å². The first-order valence-corrected chi connectivity index (χ1v) is 7.99. The Kier molecular flexibility index (Phi) is 4.55. The van der Waals surface area contributed by atoms with E-state index in [4.69, 9.17) is 5.26 Å². The third-order valence-corrected chi connectivity index (χ3v) is 4.20. The summed E-state index contributed by atoms with van der Waals surface area (Å²) in [6.07, 6.45) is 1.69. The lowest BCUT2D eigenvalue weighted by Gasteiger charge is -2.06. The number of carbonyl (C=O) groups excluding carboxylic acids is 1. The first kappa shape index (κ1) is 17.4. The molecule has 6 heteroatoms. The number of ketones is 1. The molecular weight excluding hydrogens is 333 g/mol. The number of halogens is 1. The average molecular weight is 349 g/mol. The topological polar surface area (TPSA) is 67.8 Å². The molecule has 3 rings (SSSR count). The highest BCUT2D eigenvalue weighted by Crippen LogP contribution is 2.14. The van der Waals surface area contributed by atoms with Crippen molar-refractivity contribution in [1.82, 2.24) is 9.13 Å². The molecule has 130 valence electrons. The van der Waals surface area contributed by atoms with Crippen LogP contribution in [0, 0.1) is 24.1 Å². The Morgan fingerprint density at radius 3 is 2.50 bits per heavy atom. The standard InChI is InChI=1S/C20H16FN3O2/c1-13-11-23(12-16-3-6-18(21)9-17(16)10-22)20(26)24(13)19-7-4-15(5-8-19)14(2)25/h3-9,11H,12H2,1-2H3. The number of carbonyl (C=O) groups is 1. The number of hydrogen-bond donors (Lipinski definition) is 0. The van der Waals surface area contributed by atoms with E-state index < -0.39 is 5.82 Å². The third kappa shape index (κ3) is 3.20. The number of nitrogens with zero attached hydrogens (tertiary/aromatic N) is 3. The lowest BCUT2D eigenvalue weighted by molar-refractivity contribution is 0.101. The van der Waals surface area contributed by atoms with Gasteiger partial charge in [-0.1, -0.05) is 6.07 Å². The maximum Gasteiger partial charge on any atom is 0.333 e. The fraction of sp³-hybridized carbons (Fsp3) is 0.150. The average Bonchev–Trinajstić information content (AvgIpc) is 2.90. The molecule has 0 unspecified atom stereocenters. The van der Waals surface area contributed by atoms with E-state index in [2.05, 4.69) is 0 Å². The van der Waals surface area contributed by atoms with Crippen molar-refractivity contribution < 1.29 is 9.18 Å². The smallest absolute Gasteiger partial charge is 0.295 e. The summed E-state index contributed by atoms with van der Waals surface area (Å²) in [6, 6.07) is 12.7. The van der Waals surface area contributed by atoms with E-state index in [0.29, 0.717) is 22.5 Å². The summed E-state index contributed by atoms with van der Waals surface area (Å²) in [6.45, 7) is 3.45. The zero-order valence-electron chi connectivity index (χ0n) is 14.4. The van der Waals surface area contributed by atoms with E-state index in [9.17, 15) is 14.0 Å². The van der Waals surface area contributed by atoms with Crippen molar-refractivity contribution in [2.24, 2.45) is 0 Å². The molecule has 26 heavy (non-hydrogen) atoms. The molecule has 5 nitrogen and oxygen atoms in total. The lowest BCUT2D eigenvalue weighted by atomic mass is 10.1. The summed E-state index contributed by atoms with van der Waals surface area (Å²) in [4.78, 5) is 24.2. The Morgan fingerprint density at radius 2 is 1.88 bits per heavy atom. The Hall–Kier alpha value is -3.46. The lowest BCUT2D eigenvalue weighted by Crippen LogP contribution is -2.24. The minimum atomic E-state index is -0.489. The Bertz CT molecular complexity index is 1090. The second-order valence-electron chi connectivity index (χ2n) is 6.03. The first-order valence-electron chi connectivity index (χ1n) is 7.99. The summed E-state index contributed by atoms with van der Waals surface area (Å²) >= 11 is 0. The zero-order chi connectivity index (χ0) is 18.8. The monoisotopic (exact) mass is 349 g/mol. The second-order valence-corrected chi connectivity index (χ2v) is 6.03. The maximum atomic E-state index is 13.3. The number of Topliss-reactive ketones (excluding diaryl/α,β-unsaturated/α-hetero) is 1. The fourth-order valence-corrected chi connectivity index (χ4v) is 2.86. The maximum absolute atomic E-state index is 13.3. The molecule has 0 aliphatic carbocycles. The van der Waals surface area contributed by atoms with Crippen LogP contribution < -0.4 is 5.69 Å². The molecule has 1 aromatic heterocycles. The SMILES string of the molecule is CC(=O)c1ccc(-n2c(C)cn(Cc3ccc(F)cc3C#N)c2=O)cc1. The summed E-state index contributed by atoms with van der Waals surface area (Å²) in [5.41, 5.74) is 2.44. The van der Waals surface area contributed by atoms with Crippen molar-refractivity contribution in [2.75, 3.05) is 0 Å². The molecule has 3 aromatic rings. The predicted octanol–water partition coefficient (Wildman–Crippen LogP) is 3.21. The predicted molar refractivity (Wildman–Crippen MR) is 95.0 cm³/mol. The number of aromatic nitrogens is 2. The van der Waals surface area contributed by atoms with E-state index in [-0.39, 0.29) is 23.6 Å². The molecule has 0 fully saturated rings. The largest absolute Gasteiger partial charge is 0.333 e. The molecule has 1 heterocycles. The van der Waals surface area contributed by atoms with Gasteiger partial charge in [0.2, 0.25) is 0 Å². The van der Waals surface area contributed by atoms with Gasteiger partial charge in [0.05, 0.1) is 23.9 Å². The molecule has 0 atom stereocenters. The molecule has 0 bridgehead atoms. The van der Waals surface area contributed by atoms with Crippen LogP contribution >= 0.6 is 0 Å². The van der Waals surface area contributed by atoms with E-state index >= 15 is 0 Å². The number of imidazole rings is 1. The molecule has 0 N–H and O–H groups in total. The van der Waals surface area contributed by atoms with Gasteiger partial charge >= 0.3 is 5.69 Å². The minimum Gasteiger partial charge on any atom is -0.295 e. The van der Waals surface area contributed by atoms with Crippen molar-refractivity contribution in [3.05, 3.63) is 87.3 Å². The molecule has 0 radical (unpaired) electrons. The molecule has 2 aromatic carbocycles. The minimum absolute atomic E-state index is 0.0430.